The first-order valence-electron chi connectivity index (χ1n) is 6.72. The van der Waals surface area contributed by atoms with Gasteiger partial charge in [-0.15, -0.1) is 0 Å². The van der Waals surface area contributed by atoms with Gasteiger partial charge in [0.05, 0.1) is 19.8 Å². The van der Waals surface area contributed by atoms with Crippen molar-refractivity contribution in [2.24, 2.45) is 0 Å². The standard InChI is InChI=1S/C13H29NO3/c1-3-4-5-6-7-13(2,12-17)14(8-10-15)9-11-16/h15-17H,3-12H2,1-2H3. The van der Waals surface area contributed by atoms with Crippen LogP contribution in [0.5, 0.6) is 0 Å². The van der Waals surface area contributed by atoms with E-state index in [9.17, 15) is 5.11 Å². The minimum Gasteiger partial charge on any atom is -0.395 e. The molecule has 0 aromatic rings. The molecule has 0 aliphatic rings. The summed E-state index contributed by atoms with van der Waals surface area (Å²) in [5.41, 5.74) is -0.320. The zero-order valence-corrected chi connectivity index (χ0v) is 11.4. The van der Waals surface area contributed by atoms with Crippen molar-refractivity contribution >= 4 is 0 Å². The Hall–Kier alpha value is -0.160. The Balaban J connectivity index is 4.26. The van der Waals surface area contributed by atoms with E-state index in [0.29, 0.717) is 13.1 Å². The third kappa shape index (κ3) is 6.36. The second kappa shape index (κ2) is 9.83. The summed E-state index contributed by atoms with van der Waals surface area (Å²) < 4.78 is 0. The highest BCUT2D eigenvalue weighted by Crippen LogP contribution is 2.22. The molecular weight excluding hydrogens is 218 g/mol. The third-order valence-electron chi connectivity index (χ3n) is 3.41. The normalized spacial score (nSPS) is 15.2. The number of nitrogens with zero attached hydrogens (tertiary/aromatic N) is 1. The summed E-state index contributed by atoms with van der Waals surface area (Å²) in [5.74, 6) is 0. The van der Waals surface area contributed by atoms with E-state index >= 15 is 0 Å². The lowest BCUT2D eigenvalue weighted by Gasteiger charge is -2.39. The Morgan fingerprint density at radius 3 is 1.94 bits per heavy atom. The molecule has 0 heterocycles. The van der Waals surface area contributed by atoms with Crippen LogP contribution in [-0.4, -0.2) is 58.7 Å². The predicted molar refractivity (Wildman–Crippen MR) is 70.0 cm³/mol. The quantitative estimate of drug-likeness (QED) is 0.477. The summed E-state index contributed by atoms with van der Waals surface area (Å²) in [6.07, 6.45) is 5.59. The fourth-order valence-corrected chi connectivity index (χ4v) is 2.16. The maximum atomic E-state index is 9.56. The Kier molecular flexibility index (Phi) is 9.74. The van der Waals surface area contributed by atoms with Crippen molar-refractivity contribution < 1.29 is 15.3 Å². The van der Waals surface area contributed by atoms with Crippen molar-refractivity contribution in [1.29, 1.82) is 0 Å². The van der Waals surface area contributed by atoms with Crippen LogP contribution in [0.15, 0.2) is 0 Å². The van der Waals surface area contributed by atoms with Gasteiger partial charge in [0, 0.05) is 18.6 Å². The fraction of sp³-hybridized carbons (Fsp3) is 1.00. The molecule has 0 bridgehead atoms. The maximum absolute atomic E-state index is 9.56. The highest BCUT2D eigenvalue weighted by Gasteiger charge is 2.29. The van der Waals surface area contributed by atoms with E-state index in [4.69, 9.17) is 10.2 Å². The summed E-state index contributed by atoms with van der Waals surface area (Å²) in [6, 6.07) is 0. The van der Waals surface area contributed by atoms with Crippen molar-refractivity contribution in [3.8, 4) is 0 Å². The van der Waals surface area contributed by atoms with Gasteiger partial charge in [-0.3, -0.25) is 4.90 Å². The Labute approximate surface area is 105 Å². The van der Waals surface area contributed by atoms with E-state index in [1.54, 1.807) is 0 Å². The largest absolute Gasteiger partial charge is 0.395 e. The number of rotatable bonds is 11. The molecule has 0 saturated heterocycles. The van der Waals surface area contributed by atoms with Crippen molar-refractivity contribution in [3.05, 3.63) is 0 Å². The average molecular weight is 247 g/mol. The highest BCUT2D eigenvalue weighted by molar-refractivity contribution is 4.85. The molecule has 104 valence electrons. The van der Waals surface area contributed by atoms with Crippen LogP contribution in [0.2, 0.25) is 0 Å². The van der Waals surface area contributed by atoms with E-state index < -0.39 is 0 Å². The highest BCUT2D eigenvalue weighted by atomic mass is 16.3. The van der Waals surface area contributed by atoms with Crippen molar-refractivity contribution in [1.82, 2.24) is 4.90 Å². The summed E-state index contributed by atoms with van der Waals surface area (Å²) in [7, 11) is 0. The van der Waals surface area contributed by atoms with Gasteiger partial charge in [-0.1, -0.05) is 32.6 Å². The molecule has 17 heavy (non-hydrogen) atoms. The Morgan fingerprint density at radius 1 is 0.941 bits per heavy atom. The fourth-order valence-electron chi connectivity index (χ4n) is 2.16. The number of β-amino-alcohol motifs (C(OH)–C–C–N with tert-alkyl or cyclic N) is 2. The van der Waals surface area contributed by atoms with Gasteiger partial charge >= 0.3 is 0 Å². The molecule has 1 atom stereocenters. The van der Waals surface area contributed by atoms with Gasteiger partial charge in [0.15, 0.2) is 0 Å². The van der Waals surface area contributed by atoms with Gasteiger partial charge < -0.3 is 15.3 Å². The number of aliphatic hydroxyl groups excluding tert-OH is 3. The molecule has 0 aliphatic heterocycles. The Morgan fingerprint density at radius 2 is 1.53 bits per heavy atom. The van der Waals surface area contributed by atoms with Gasteiger partial charge in [-0.2, -0.15) is 0 Å². The molecule has 3 N–H and O–H groups in total. The summed E-state index contributed by atoms with van der Waals surface area (Å²) in [4.78, 5) is 1.99. The number of aliphatic hydroxyl groups is 3. The molecule has 4 nitrogen and oxygen atoms in total. The van der Waals surface area contributed by atoms with Crippen LogP contribution in [-0.2, 0) is 0 Å². The molecule has 4 heteroatoms. The van der Waals surface area contributed by atoms with E-state index in [1.807, 2.05) is 11.8 Å². The van der Waals surface area contributed by atoms with Crippen molar-refractivity contribution in [2.45, 2.75) is 51.5 Å². The molecule has 0 radical (unpaired) electrons. The second-order valence-corrected chi connectivity index (χ2v) is 4.90. The van der Waals surface area contributed by atoms with Crippen LogP contribution in [0, 0.1) is 0 Å². The third-order valence-corrected chi connectivity index (χ3v) is 3.41. The van der Waals surface area contributed by atoms with Crippen LogP contribution in [0.25, 0.3) is 0 Å². The lowest BCUT2D eigenvalue weighted by molar-refractivity contribution is 0.0123. The van der Waals surface area contributed by atoms with E-state index in [2.05, 4.69) is 6.92 Å². The molecule has 0 fully saturated rings. The van der Waals surface area contributed by atoms with Crippen molar-refractivity contribution in [2.75, 3.05) is 32.9 Å². The van der Waals surface area contributed by atoms with Crippen LogP contribution in [0.1, 0.15) is 46.0 Å². The first-order valence-corrected chi connectivity index (χ1v) is 6.72. The summed E-state index contributed by atoms with van der Waals surface area (Å²) in [6.45, 7) is 5.38. The molecule has 0 spiro atoms. The molecule has 1 unspecified atom stereocenters. The monoisotopic (exact) mass is 247 g/mol. The van der Waals surface area contributed by atoms with Gasteiger partial charge in [-0.25, -0.2) is 0 Å². The predicted octanol–water partition coefficient (Wildman–Crippen LogP) is 0.994. The number of hydrogen-bond donors (Lipinski definition) is 3. The van der Waals surface area contributed by atoms with Gasteiger partial charge in [0.1, 0.15) is 0 Å². The minimum atomic E-state index is -0.320. The molecule has 0 rings (SSSR count). The molecular formula is C13H29NO3. The smallest absolute Gasteiger partial charge is 0.0612 e. The van der Waals surface area contributed by atoms with Gasteiger partial charge in [0.25, 0.3) is 0 Å². The van der Waals surface area contributed by atoms with Crippen LogP contribution >= 0.6 is 0 Å². The van der Waals surface area contributed by atoms with Crippen LogP contribution in [0.4, 0.5) is 0 Å². The van der Waals surface area contributed by atoms with Gasteiger partial charge in [0.2, 0.25) is 0 Å². The van der Waals surface area contributed by atoms with E-state index in [1.165, 1.54) is 19.3 Å². The number of unbranched alkanes of at least 4 members (excludes halogenated alkanes) is 3. The van der Waals surface area contributed by atoms with Crippen LogP contribution in [0.3, 0.4) is 0 Å². The second-order valence-electron chi connectivity index (χ2n) is 4.90. The lowest BCUT2D eigenvalue weighted by Crippen LogP contribution is -2.51. The molecule has 0 amide bonds. The molecule has 0 aromatic heterocycles. The summed E-state index contributed by atoms with van der Waals surface area (Å²) in [5, 5.41) is 27.6. The van der Waals surface area contributed by atoms with Crippen LogP contribution < -0.4 is 0 Å². The van der Waals surface area contributed by atoms with Gasteiger partial charge in [-0.05, 0) is 13.3 Å². The molecule has 0 aliphatic carbocycles. The van der Waals surface area contributed by atoms with E-state index in [0.717, 1.165) is 12.8 Å². The van der Waals surface area contributed by atoms with E-state index in [-0.39, 0.29) is 25.4 Å². The van der Waals surface area contributed by atoms with Crippen molar-refractivity contribution in [3.63, 3.8) is 0 Å². The number of hydrogen-bond acceptors (Lipinski definition) is 4. The zero-order chi connectivity index (χ0) is 13.1. The maximum Gasteiger partial charge on any atom is 0.0612 e. The minimum absolute atomic E-state index is 0.0601. The Bertz CT molecular complexity index is 172. The topological polar surface area (TPSA) is 63.9 Å². The zero-order valence-electron chi connectivity index (χ0n) is 11.4. The molecule has 0 aromatic carbocycles. The molecule has 0 saturated carbocycles. The SMILES string of the molecule is CCCCCCC(C)(CO)N(CCO)CCO. The summed E-state index contributed by atoms with van der Waals surface area (Å²) >= 11 is 0. The first kappa shape index (κ1) is 16.8. The lowest BCUT2D eigenvalue weighted by atomic mass is 9.92. The first-order chi connectivity index (χ1) is 8.14. The average Bonchev–Trinajstić information content (AvgIpc) is 2.34.